The maximum Gasteiger partial charge on any atom is 0.323 e. The molecule has 4 heteroatoms. The summed E-state index contributed by atoms with van der Waals surface area (Å²) in [5.41, 5.74) is 1.40. The SMILES string of the molecule is O=C1OCCC1N1CCN(CCc2ccccc2)CC1. The molecule has 0 radical (unpaired) electrons. The lowest BCUT2D eigenvalue weighted by atomic mass is 10.1. The van der Waals surface area contributed by atoms with Gasteiger partial charge in [0.2, 0.25) is 0 Å². The van der Waals surface area contributed by atoms with Gasteiger partial charge in [0.05, 0.1) is 6.61 Å². The Morgan fingerprint density at radius 3 is 2.50 bits per heavy atom. The van der Waals surface area contributed by atoms with Gasteiger partial charge in [-0.25, -0.2) is 0 Å². The van der Waals surface area contributed by atoms with E-state index in [1.54, 1.807) is 0 Å². The molecule has 20 heavy (non-hydrogen) atoms. The number of carbonyl (C=O) groups is 1. The predicted octanol–water partition coefficient (Wildman–Crippen LogP) is 1.16. The highest BCUT2D eigenvalue weighted by Crippen LogP contribution is 2.16. The molecule has 1 aromatic carbocycles. The number of carbonyl (C=O) groups excluding carboxylic acids is 1. The molecule has 2 heterocycles. The molecule has 1 aromatic rings. The summed E-state index contributed by atoms with van der Waals surface area (Å²) in [7, 11) is 0. The molecule has 0 spiro atoms. The highest BCUT2D eigenvalue weighted by molar-refractivity contribution is 5.77. The Morgan fingerprint density at radius 2 is 1.85 bits per heavy atom. The van der Waals surface area contributed by atoms with Crippen LogP contribution in [0.2, 0.25) is 0 Å². The molecule has 2 aliphatic rings. The van der Waals surface area contributed by atoms with E-state index in [4.69, 9.17) is 4.74 Å². The zero-order chi connectivity index (χ0) is 13.8. The Kier molecular flexibility index (Phi) is 4.33. The van der Waals surface area contributed by atoms with E-state index in [1.165, 1.54) is 5.56 Å². The predicted molar refractivity (Wildman–Crippen MR) is 77.5 cm³/mol. The van der Waals surface area contributed by atoms with E-state index in [0.29, 0.717) is 6.61 Å². The van der Waals surface area contributed by atoms with Gasteiger partial charge in [-0.05, 0) is 12.0 Å². The maximum atomic E-state index is 11.6. The number of hydrogen-bond donors (Lipinski definition) is 0. The Hall–Kier alpha value is -1.39. The Balaban J connectivity index is 1.43. The van der Waals surface area contributed by atoms with Crippen LogP contribution in [-0.4, -0.2) is 61.1 Å². The number of ether oxygens (including phenoxy) is 1. The van der Waals surface area contributed by atoms with Gasteiger partial charge < -0.3 is 9.64 Å². The van der Waals surface area contributed by atoms with E-state index in [2.05, 4.69) is 40.1 Å². The summed E-state index contributed by atoms with van der Waals surface area (Å²) in [6.45, 7) is 5.76. The normalized spacial score (nSPS) is 24.8. The first-order valence-corrected chi connectivity index (χ1v) is 7.50. The van der Waals surface area contributed by atoms with Crippen molar-refractivity contribution in [1.82, 2.24) is 9.80 Å². The standard InChI is InChI=1S/C16H22N2O2/c19-16-15(7-13-20-16)18-11-9-17(10-12-18)8-6-14-4-2-1-3-5-14/h1-5,15H,6-13H2. The Bertz CT molecular complexity index is 441. The number of rotatable bonds is 4. The minimum Gasteiger partial charge on any atom is -0.464 e. The van der Waals surface area contributed by atoms with Gasteiger partial charge in [0.15, 0.2) is 0 Å². The van der Waals surface area contributed by atoms with Crippen molar-refractivity contribution in [2.45, 2.75) is 18.9 Å². The van der Waals surface area contributed by atoms with Crippen molar-refractivity contribution < 1.29 is 9.53 Å². The van der Waals surface area contributed by atoms with Crippen LogP contribution in [0.1, 0.15) is 12.0 Å². The van der Waals surface area contributed by atoms with Gasteiger partial charge in [0, 0.05) is 39.1 Å². The van der Waals surface area contributed by atoms with Crippen molar-refractivity contribution in [3.63, 3.8) is 0 Å². The largest absolute Gasteiger partial charge is 0.464 e. The second-order valence-electron chi connectivity index (χ2n) is 5.59. The van der Waals surface area contributed by atoms with E-state index in [1.807, 2.05) is 0 Å². The first-order chi connectivity index (χ1) is 9.83. The van der Waals surface area contributed by atoms with Gasteiger partial charge in [0.1, 0.15) is 6.04 Å². The summed E-state index contributed by atoms with van der Waals surface area (Å²) in [6.07, 6.45) is 1.97. The summed E-state index contributed by atoms with van der Waals surface area (Å²) < 4.78 is 5.06. The number of benzene rings is 1. The zero-order valence-electron chi connectivity index (χ0n) is 11.8. The minimum atomic E-state index is -0.0252. The zero-order valence-corrected chi connectivity index (χ0v) is 11.8. The van der Waals surface area contributed by atoms with Crippen LogP contribution >= 0.6 is 0 Å². The number of piperazine rings is 1. The van der Waals surface area contributed by atoms with Gasteiger partial charge in [-0.3, -0.25) is 9.69 Å². The first kappa shape index (κ1) is 13.6. The van der Waals surface area contributed by atoms with Crippen LogP contribution < -0.4 is 0 Å². The van der Waals surface area contributed by atoms with Crippen LogP contribution in [0.3, 0.4) is 0 Å². The van der Waals surface area contributed by atoms with Crippen LogP contribution in [0.15, 0.2) is 30.3 Å². The lowest BCUT2D eigenvalue weighted by Crippen LogP contribution is -2.51. The highest BCUT2D eigenvalue weighted by Gasteiger charge is 2.33. The molecule has 3 rings (SSSR count). The average molecular weight is 274 g/mol. The molecule has 1 atom stereocenters. The lowest BCUT2D eigenvalue weighted by Gasteiger charge is -2.36. The molecule has 0 saturated carbocycles. The molecule has 0 amide bonds. The van der Waals surface area contributed by atoms with E-state index < -0.39 is 0 Å². The quantitative estimate of drug-likeness (QED) is 0.772. The third-order valence-corrected chi connectivity index (χ3v) is 4.31. The molecule has 4 nitrogen and oxygen atoms in total. The topological polar surface area (TPSA) is 32.8 Å². The van der Waals surface area contributed by atoms with Gasteiger partial charge in [-0.2, -0.15) is 0 Å². The van der Waals surface area contributed by atoms with Crippen LogP contribution in [0.25, 0.3) is 0 Å². The van der Waals surface area contributed by atoms with Crippen molar-refractivity contribution in [1.29, 1.82) is 0 Å². The monoisotopic (exact) mass is 274 g/mol. The van der Waals surface area contributed by atoms with E-state index >= 15 is 0 Å². The number of hydrogen-bond acceptors (Lipinski definition) is 4. The second kappa shape index (κ2) is 6.37. The Labute approximate surface area is 120 Å². The summed E-state index contributed by atoms with van der Waals surface area (Å²) in [4.78, 5) is 16.4. The van der Waals surface area contributed by atoms with Crippen molar-refractivity contribution in [2.24, 2.45) is 0 Å². The van der Waals surface area contributed by atoms with Gasteiger partial charge in [-0.1, -0.05) is 30.3 Å². The molecule has 0 aliphatic carbocycles. The molecule has 108 valence electrons. The van der Waals surface area contributed by atoms with Crippen molar-refractivity contribution in [3.8, 4) is 0 Å². The lowest BCUT2D eigenvalue weighted by molar-refractivity contribution is -0.142. The molecule has 2 aliphatic heterocycles. The van der Waals surface area contributed by atoms with E-state index in [-0.39, 0.29) is 12.0 Å². The van der Waals surface area contributed by atoms with Crippen molar-refractivity contribution in [3.05, 3.63) is 35.9 Å². The fraction of sp³-hybridized carbons (Fsp3) is 0.562. The second-order valence-corrected chi connectivity index (χ2v) is 5.59. The molecular weight excluding hydrogens is 252 g/mol. The van der Waals surface area contributed by atoms with E-state index in [9.17, 15) is 4.79 Å². The number of nitrogens with zero attached hydrogens (tertiary/aromatic N) is 2. The van der Waals surface area contributed by atoms with E-state index in [0.717, 1.165) is 45.6 Å². The number of cyclic esters (lactones) is 1. The minimum absolute atomic E-state index is 0.0197. The van der Waals surface area contributed by atoms with Crippen molar-refractivity contribution in [2.75, 3.05) is 39.3 Å². The summed E-state index contributed by atoms with van der Waals surface area (Å²) >= 11 is 0. The fourth-order valence-electron chi connectivity index (χ4n) is 3.05. The van der Waals surface area contributed by atoms with Crippen LogP contribution in [0.4, 0.5) is 0 Å². The van der Waals surface area contributed by atoms with Gasteiger partial charge >= 0.3 is 5.97 Å². The molecule has 1 unspecified atom stereocenters. The molecular formula is C16H22N2O2. The van der Waals surface area contributed by atoms with Gasteiger partial charge in [-0.15, -0.1) is 0 Å². The summed E-state index contributed by atoms with van der Waals surface area (Å²) in [5, 5.41) is 0. The van der Waals surface area contributed by atoms with Crippen LogP contribution in [-0.2, 0) is 16.0 Å². The first-order valence-electron chi connectivity index (χ1n) is 7.50. The fourth-order valence-corrected chi connectivity index (χ4v) is 3.05. The molecule has 0 N–H and O–H groups in total. The third kappa shape index (κ3) is 3.19. The maximum absolute atomic E-state index is 11.6. The Morgan fingerprint density at radius 1 is 1.10 bits per heavy atom. The molecule has 2 saturated heterocycles. The highest BCUT2D eigenvalue weighted by atomic mass is 16.5. The smallest absolute Gasteiger partial charge is 0.323 e. The number of esters is 1. The molecule has 2 fully saturated rings. The van der Waals surface area contributed by atoms with Crippen LogP contribution in [0.5, 0.6) is 0 Å². The molecule has 0 aromatic heterocycles. The van der Waals surface area contributed by atoms with Crippen molar-refractivity contribution >= 4 is 5.97 Å². The molecule has 0 bridgehead atoms. The summed E-state index contributed by atoms with van der Waals surface area (Å²) in [6, 6.07) is 10.6. The van der Waals surface area contributed by atoms with Gasteiger partial charge in [0.25, 0.3) is 0 Å². The third-order valence-electron chi connectivity index (χ3n) is 4.31. The van der Waals surface area contributed by atoms with Crippen LogP contribution in [0, 0.1) is 0 Å². The average Bonchev–Trinajstić information content (AvgIpc) is 2.93. The summed E-state index contributed by atoms with van der Waals surface area (Å²) in [5.74, 6) is -0.0252.